The van der Waals surface area contributed by atoms with E-state index in [-0.39, 0.29) is 0 Å². The second-order valence-corrected chi connectivity index (χ2v) is 5.99. The fourth-order valence-corrected chi connectivity index (χ4v) is 2.33. The van der Waals surface area contributed by atoms with Crippen LogP contribution < -0.4 is 10.1 Å². The summed E-state index contributed by atoms with van der Waals surface area (Å²) in [6, 6.07) is 11.7. The second kappa shape index (κ2) is 8.00. The zero-order chi connectivity index (χ0) is 15.1. The summed E-state index contributed by atoms with van der Waals surface area (Å²) in [6.45, 7) is 6.06. The zero-order valence-corrected chi connectivity index (χ0v) is 13.5. The molecule has 2 rings (SSSR count). The van der Waals surface area contributed by atoms with Crippen LogP contribution >= 0.6 is 11.8 Å². The molecule has 0 saturated carbocycles. The van der Waals surface area contributed by atoms with Crippen molar-refractivity contribution >= 4 is 11.8 Å². The van der Waals surface area contributed by atoms with Crippen molar-refractivity contribution in [3.63, 3.8) is 0 Å². The van der Waals surface area contributed by atoms with E-state index >= 15 is 0 Å². The maximum Gasteiger partial charge on any atom is 0.238 e. The van der Waals surface area contributed by atoms with Gasteiger partial charge in [-0.2, -0.15) is 5.10 Å². The van der Waals surface area contributed by atoms with Gasteiger partial charge in [-0.3, -0.25) is 0 Å². The standard InChI is InChI=1S/C16H21N3OS/c1-12(2)10-17-11-13-8-9-16(19-18-13)20-14-6-4-5-7-15(14)21-3/h4-9,12,17H,10-11H2,1-3H3. The van der Waals surface area contributed by atoms with Crippen LogP contribution in [0.25, 0.3) is 0 Å². The number of thioether (sulfide) groups is 1. The number of ether oxygens (including phenoxy) is 1. The summed E-state index contributed by atoms with van der Waals surface area (Å²) in [5, 5.41) is 11.7. The highest BCUT2D eigenvalue weighted by Crippen LogP contribution is 2.30. The van der Waals surface area contributed by atoms with E-state index in [2.05, 4.69) is 29.4 Å². The highest BCUT2D eigenvalue weighted by Gasteiger charge is 2.05. The van der Waals surface area contributed by atoms with E-state index in [0.717, 1.165) is 29.4 Å². The van der Waals surface area contributed by atoms with Crippen LogP contribution in [0.3, 0.4) is 0 Å². The zero-order valence-electron chi connectivity index (χ0n) is 12.7. The number of hydrogen-bond acceptors (Lipinski definition) is 5. The van der Waals surface area contributed by atoms with Crippen molar-refractivity contribution in [2.45, 2.75) is 25.3 Å². The Labute approximate surface area is 130 Å². The summed E-state index contributed by atoms with van der Waals surface area (Å²) < 4.78 is 5.78. The molecule has 5 heteroatoms. The van der Waals surface area contributed by atoms with Crippen molar-refractivity contribution in [2.75, 3.05) is 12.8 Å². The van der Waals surface area contributed by atoms with Crippen molar-refractivity contribution < 1.29 is 4.74 Å². The minimum Gasteiger partial charge on any atom is -0.436 e. The molecule has 4 nitrogen and oxygen atoms in total. The molecule has 0 amide bonds. The lowest BCUT2D eigenvalue weighted by Gasteiger charge is -2.09. The van der Waals surface area contributed by atoms with E-state index in [0.29, 0.717) is 11.8 Å². The number of para-hydroxylation sites is 1. The molecule has 0 aliphatic heterocycles. The predicted molar refractivity (Wildman–Crippen MR) is 86.9 cm³/mol. The van der Waals surface area contributed by atoms with Crippen LogP contribution in [0.15, 0.2) is 41.3 Å². The molecule has 1 N–H and O–H groups in total. The van der Waals surface area contributed by atoms with Crippen LogP contribution in [-0.2, 0) is 6.54 Å². The molecule has 0 bridgehead atoms. The molecule has 0 saturated heterocycles. The largest absolute Gasteiger partial charge is 0.436 e. The summed E-state index contributed by atoms with van der Waals surface area (Å²) in [5.41, 5.74) is 0.918. The van der Waals surface area contributed by atoms with Crippen LogP contribution in [0.4, 0.5) is 0 Å². The first-order valence-electron chi connectivity index (χ1n) is 7.03. The molecular formula is C16H21N3OS. The van der Waals surface area contributed by atoms with Gasteiger partial charge < -0.3 is 10.1 Å². The highest BCUT2D eigenvalue weighted by atomic mass is 32.2. The quantitative estimate of drug-likeness (QED) is 0.790. The third-order valence-electron chi connectivity index (χ3n) is 2.84. The van der Waals surface area contributed by atoms with E-state index in [1.165, 1.54) is 0 Å². The number of nitrogens with one attached hydrogen (secondary N) is 1. The van der Waals surface area contributed by atoms with Gasteiger partial charge in [0.2, 0.25) is 5.88 Å². The monoisotopic (exact) mass is 303 g/mol. The molecule has 0 fully saturated rings. The molecule has 0 atom stereocenters. The fraction of sp³-hybridized carbons (Fsp3) is 0.375. The van der Waals surface area contributed by atoms with Gasteiger partial charge in [-0.25, -0.2) is 0 Å². The van der Waals surface area contributed by atoms with Gasteiger partial charge >= 0.3 is 0 Å². The molecular weight excluding hydrogens is 282 g/mol. The number of hydrogen-bond donors (Lipinski definition) is 1. The SMILES string of the molecule is CSc1ccccc1Oc1ccc(CNCC(C)C)nn1. The Morgan fingerprint density at radius 2 is 1.95 bits per heavy atom. The molecule has 112 valence electrons. The number of benzene rings is 1. The number of aromatic nitrogens is 2. The molecule has 0 unspecified atom stereocenters. The fourth-order valence-electron chi connectivity index (χ4n) is 1.80. The lowest BCUT2D eigenvalue weighted by Crippen LogP contribution is -2.19. The molecule has 0 radical (unpaired) electrons. The van der Waals surface area contributed by atoms with E-state index in [1.54, 1.807) is 11.8 Å². The van der Waals surface area contributed by atoms with E-state index in [4.69, 9.17) is 4.74 Å². The van der Waals surface area contributed by atoms with Crippen LogP contribution in [0, 0.1) is 5.92 Å². The first-order chi connectivity index (χ1) is 10.2. The van der Waals surface area contributed by atoms with Gasteiger partial charge in [0.1, 0.15) is 5.75 Å². The predicted octanol–water partition coefficient (Wildman–Crippen LogP) is 3.74. The molecule has 0 aliphatic rings. The average molecular weight is 303 g/mol. The van der Waals surface area contributed by atoms with Gasteiger partial charge in [-0.15, -0.1) is 16.9 Å². The van der Waals surface area contributed by atoms with Gasteiger partial charge in [-0.05, 0) is 36.9 Å². The third kappa shape index (κ3) is 5.02. The Morgan fingerprint density at radius 3 is 2.62 bits per heavy atom. The first kappa shape index (κ1) is 15.8. The van der Waals surface area contributed by atoms with Crippen LogP contribution in [0.2, 0.25) is 0 Å². The van der Waals surface area contributed by atoms with Gasteiger partial charge in [0.25, 0.3) is 0 Å². The van der Waals surface area contributed by atoms with E-state index in [9.17, 15) is 0 Å². The Morgan fingerprint density at radius 1 is 1.14 bits per heavy atom. The molecule has 2 aromatic rings. The van der Waals surface area contributed by atoms with Gasteiger partial charge in [0.15, 0.2) is 0 Å². The van der Waals surface area contributed by atoms with E-state index in [1.807, 2.05) is 42.7 Å². The van der Waals surface area contributed by atoms with Crippen molar-refractivity contribution in [3.05, 3.63) is 42.1 Å². The lowest BCUT2D eigenvalue weighted by atomic mass is 10.2. The van der Waals surface area contributed by atoms with Crippen molar-refractivity contribution in [2.24, 2.45) is 5.92 Å². The second-order valence-electron chi connectivity index (χ2n) is 5.14. The normalized spacial score (nSPS) is 10.9. The molecule has 0 aliphatic carbocycles. The van der Waals surface area contributed by atoms with Crippen molar-refractivity contribution in [3.8, 4) is 11.6 Å². The van der Waals surface area contributed by atoms with Gasteiger partial charge in [-0.1, -0.05) is 26.0 Å². The highest BCUT2D eigenvalue weighted by molar-refractivity contribution is 7.98. The average Bonchev–Trinajstić information content (AvgIpc) is 2.49. The molecule has 1 aromatic heterocycles. The molecule has 1 heterocycles. The topological polar surface area (TPSA) is 47.0 Å². The number of rotatable bonds is 7. The van der Waals surface area contributed by atoms with Crippen LogP contribution in [0.5, 0.6) is 11.6 Å². The Hall–Kier alpha value is -1.59. The summed E-state index contributed by atoms with van der Waals surface area (Å²) in [6.07, 6.45) is 2.03. The lowest BCUT2D eigenvalue weighted by molar-refractivity contribution is 0.442. The Balaban J connectivity index is 1.96. The summed E-state index contributed by atoms with van der Waals surface area (Å²) >= 11 is 1.65. The summed E-state index contributed by atoms with van der Waals surface area (Å²) in [5.74, 6) is 1.96. The Kier molecular flexibility index (Phi) is 6.02. The van der Waals surface area contributed by atoms with Crippen molar-refractivity contribution in [1.29, 1.82) is 0 Å². The third-order valence-corrected chi connectivity index (χ3v) is 3.61. The minimum absolute atomic E-state index is 0.518. The minimum atomic E-state index is 0.518. The summed E-state index contributed by atoms with van der Waals surface area (Å²) in [4.78, 5) is 1.09. The van der Waals surface area contributed by atoms with Crippen molar-refractivity contribution in [1.82, 2.24) is 15.5 Å². The Bertz CT molecular complexity index is 558. The van der Waals surface area contributed by atoms with Crippen LogP contribution in [-0.4, -0.2) is 23.0 Å². The van der Waals surface area contributed by atoms with Gasteiger partial charge in [0.05, 0.1) is 5.69 Å². The number of nitrogens with zero attached hydrogens (tertiary/aromatic N) is 2. The maximum absolute atomic E-state index is 5.78. The molecule has 1 aromatic carbocycles. The van der Waals surface area contributed by atoms with Gasteiger partial charge in [0, 0.05) is 17.5 Å². The van der Waals surface area contributed by atoms with Crippen LogP contribution in [0.1, 0.15) is 19.5 Å². The molecule has 0 spiro atoms. The first-order valence-corrected chi connectivity index (χ1v) is 8.25. The molecule has 21 heavy (non-hydrogen) atoms. The summed E-state index contributed by atoms with van der Waals surface area (Å²) in [7, 11) is 0. The smallest absolute Gasteiger partial charge is 0.238 e. The maximum atomic E-state index is 5.78. The van der Waals surface area contributed by atoms with E-state index < -0.39 is 0 Å².